The zero-order chi connectivity index (χ0) is 13.2. The second-order valence-corrected chi connectivity index (χ2v) is 4.46. The molecule has 3 aromatic rings. The Hall–Kier alpha value is -2.55. The zero-order valence-electron chi connectivity index (χ0n) is 10.3. The van der Waals surface area contributed by atoms with Gasteiger partial charge in [0.25, 0.3) is 0 Å². The first-order valence-corrected chi connectivity index (χ1v) is 6.12. The van der Waals surface area contributed by atoms with E-state index in [2.05, 4.69) is 4.98 Å². The summed E-state index contributed by atoms with van der Waals surface area (Å²) in [5.41, 5.74) is 3.71. The highest BCUT2D eigenvalue weighted by molar-refractivity contribution is 5.93. The van der Waals surface area contributed by atoms with E-state index in [1.54, 1.807) is 0 Å². The Morgan fingerprint density at radius 1 is 1.00 bits per heavy atom. The Kier molecular flexibility index (Phi) is 2.80. The molecule has 1 heterocycles. The van der Waals surface area contributed by atoms with E-state index in [4.69, 9.17) is 5.11 Å². The summed E-state index contributed by atoms with van der Waals surface area (Å²) in [6.07, 6.45) is 0.0221. The summed E-state index contributed by atoms with van der Waals surface area (Å²) in [4.78, 5) is 14.4. The molecular formula is C16H13NO2. The van der Waals surface area contributed by atoms with E-state index in [9.17, 15) is 4.79 Å². The van der Waals surface area contributed by atoms with Crippen molar-refractivity contribution in [1.82, 2.24) is 4.98 Å². The summed E-state index contributed by atoms with van der Waals surface area (Å²) in [6.45, 7) is 0. The van der Waals surface area contributed by atoms with Gasteiger partial charge in [-0.05, 0) is 17.2 Å². The monoisotopic (exact) mass is 251 g/mol. The van der Waals surface area contributed by atoms with Gasteiger partial charge >= 0.3 is 5.97 Å². The topological polar surface area (TPSA) is 53.1 Å². The van der Waals surface area contributed by atoms with E-state index < -0.39 is 5.97 Å². The summed E-state index contributed by atoms with van der Waals surface area (Å²) in [7, 11) is 0. The summed E-state index contributed by atoms with van der Waals surface area (Å²) in [5.74, 6) is -0.818. The summed E-state index contributed by atoms with van der Waals surface area (Å²) < 4.78 is 0. The average Bonchev–Trinajstić information content (AvgIpc) is 2.78. The quantitative estimate of drug-likeness (QED) is 0.749. The van der Waals surface area contributed by atoms with Gasteiger partial charge in [-0.3, -0.25) is 4.79 Å². The van der Waals surface area contributed by atoms with Crippen molar-refractivity contribution in [2.75, 3.05) is 0 Å². The lowest BCUT2D eigenvalue weighted by Crippen LogP contribution is -2.00. The molecule has 2 N–H and O–H groups in total. The highest BCUT2D eigenvalue weighted by Crippen LogP contribution is 2.30. The van der Waals surface area contributed by atoms with Gasteiger partial charge in [-0.15, -0.1) is 0 Å². The molecule has 0 aliphatic carbocycles. The van der Waals surface area contributed by atoms with Crippen LogP contribution in [0.2, 0.25) is 0 Å². The minimum Gasteiger partial charge on any atom is -0.481 e. The Balaban J connectivity index is 2.26. The minimum atomic E-state index is -0.818. The predicted octanol–water partition coefficient (Wildman–Crippen LogP) is 3.46. The van der Waals surface area contributed by atoms with Crippen LogP contribution in [-0.4, -0.2) is 16.1 Å². The molecule has 3 heteroatoms. The fourth-order valence-corrected chi connectivity index (χ4v) is 2.39. The molecular weight excluding hydrogens is 238 g/mol. The predicted molar refractivity (Wildman–Crippen MR) is 75.1 cm³/mol. The molecule has 19 heavy (non-hydrogen) atoms. The van der Waals surface area contributed by atoms with Crippen LogP contribution in [0.15, 0.2) is 54.6 Å². The fourth-order valence-electron chi connectivity index (χ4n) is 2.39. The van der Waals surface area contributed by atoms with Crippen molar-refractivity contribution in [2.24, 2.45) is 0 Å². The van der Waals surface area contributed by atoms with E-state index in [1.165, 1.54) is 0 Å². The highest BCUT2D eigenvalue weighted by atomic mass is 16.4. The largest absolute Gasteiger partial charge is 0.481 e. The maximum Gasteiger partial charge on any atom is 0.307 e. The number of hydrogen-bond donors (Lipinski definition) is 2. The number of benzene rings is 2. The van der Waals surface area contributed by atoms with Crippen LogP contribution >= 0.6 is 0 Å². The molecule has 0 aliphatic rings. The van der Waals surface area contributed by atoms with Crippen LogP contribution in [-0.2, 0) is 11.2 Å². The molecule has 0 bridgehead atoms. The second-order valence-electron chi connectivity index (χ2n) is 4.46. The number of hydrogen-bond acceptors (Lipinski definition) is 1. The highest BCUT2D eigenvalue weighted by Gasteiger charge is 2.15. The summed E-state index contributed by atoms with van der Waals surface area (Å²) in [5, 5.41) is 10.1. The first kappa shape index (κ1) is 11.5. The van der Waals surface area contributed by atoms with Gasteiger partial charge in [-0.2, -0.15) is 0 Å². The Morgan fingerprint density at radius 2 is 1.68 bits per heavy atom. The first-order chi connectivity index (χ1) is 9.25. The van der Waals surface area contributed by atoms with E-state index in [0.717, 1.165) is 27.7 Å². The Labute approximate surface area is 110 Å². The van der Waals surface area contributed by atoms with Gasteiger partial charge < -0.3 is 10.1 Å². The molecule has 3 nitrogen and oxygen atoms in total. The van der Waals surface area contributed by atoms with Crippen LogP contribution in [0.1, 0.15) is 5.56 Å². The molecule has 1 aromatic heterocycles. The van der Waals surface area contributed by atoms with Gasteiger partial charge in [0.15, 0.2) is 0 Å². The van der Waals surface area contributed by atoms with Crippen molar-refractivity contribution in [2.45, 2.75) is 6.42 Å². The van der Waals surface area contributed by atoms with E-state index >= 15 is 0 Å². The van der Waals surface area contributed by atoms with Crippen LogP contribution < -0.4 is 0 Å². The lowest BCUT2D eigenvalue weighted by molar-refractivity contribution is -0.136. The number of carboxylic acids is 1. The molecule has 2 aromatic carbocycles. The Bertz CT molecular complexity index is 729. The standard InChI is InChI=1S/C16H13NO2/c18-15(19)10-13-12-8-4-5-9-14(12)17-16(13)11-6-2-1-3-7-11/h1-9,17H,10H2,(H,18,19). The maximum absolute atomic E-state index is 11.1. The SMILES string of the molecule is O=C(O)Cc1c(-c2ccccc2)[nH]c2ccccc12. The summed E-state index contributed by atoms with van der Waals surface area (Å²) >= 11 is 0. The molecule has 0 unspecified atom stereocenters. The second kappa shape index (κ2) is 4.61. The first-order valence-electron chi connectivity index (χ1n) is 6.12. The van der Waals surface area contributed by atoms with E-state index in [1.807, 2.05) is 54.6 Å². The smallest absolute Gasteiger partial charge is 0.307 e. The number of fused-ring (bicyclic) bond motifs is 1. The van der Waals surface area contributed by atoms with Gasteiger partial charge in [0.2, 0.25) is 0 Å². The number of carbonyl (C=O) groups is 1. The third-order valence-electron chi connectivity index (χ3n) is 3.20. The molecule has 0 aliphatic heterocycles. The third kappa shape index (κ3) is 2.10. The van der Waals surface area contributed by atoms with Gasteiger partial charge in [0, 0.05) is 10.9 Å². The maximum atomic E-state index is 11.1. The third-order valence-corrected chi connectivity index (χ3v) is 3.20. The molecule has 0 saturated carbocycles. The number of carboxylic acid groups (broad SMARTS) is 1. The van der Waals surface area contributed by atoms with Gasteiger partial charge in [-0.25, -0.2) is 0 Å². The van der Waals surface area contributed by atoms with Crippen LogP contribution in [0.4, 0.5) is 0 Å². The average molecular weight is 251 g/mol. The molecule has 94 valence electrons. The molecule has 0 spiro atoms. The molecule has 0 fully saturated rings. The van der Waals surface area contributed by atoms with E-state index in [0.29, 0.717) is 0 Å². The zero-order valence-corrected chi connectivity index (χ0v) is 10.3. The Morgan fingerprint density at radius 3 is 2.42 bits per heavy atom. The van der Waals surface area contributed by atoms with Crippen molar-refractivity contribution in [3.05, 3.63) is 60.2 Å². The van der Waals surface area contributed by atoms with Crippen LogP contribution in [0.3, 0.4) is 0 Å². The molecule has 0 radical (unpaired) electrons. The number of para-hydroxylation sites is 1. The van der Waals surface area contributed by atoms with Gasteiger partial charge in [0.05, 0.1) is 12.1 Å². The number of H-pyrrole nitrogens is 1. The normalized spacial score (nSPS) is 10.7. The number of rotatable bonds is 3. The molecule has 0 saturated heterocycles. The van der Waals surface area contributed by atoms with Crippen LogP contribution in [0, 0.1) is 0 Å². The lowest BCUT2D eigenvalue weighted by Gasteiger charge is -2.02. The van der Waals surface area contributed by atoms with Crippen LogP contribution in [0.25, 0.3) is 22.2 Å². The van der Waals surface area contributed by atoms with Crippen molar-refractivity contribution in [3.8, 4) is 11.3 Å². The molecule has 0 atom stereocenters. The number of aliphatic carboxylic acids is 1. The minimum absolute atomic E-state index is 0.0221. The number of aromatic amines is 1. The van der Waals surface area contributed by atoms with E-state index in [-0.39, 0.29) is 6.42 Å². The molecule has 0 amide bonds. The van der Waals surface area contributed by atoms with Gasteiger partial charge in [-0.1, -0.05) is 48.5 Å². The van der Waals surface area contributed by atoms with Crippen molar-refractivity contribution >= 4 is 16.9 Å². The lowest BCUT2D eigenvalue weighted by atomic mass is 10.0. The van der Waals surface area contributed by atoms with Crippen LogP contribution in [0.5, 0.6) is 0 Å². The van der Waals surface area contributed by atoms with Crippen molar-refractivity contribution in [3.63, 3.8) is 0 Å². The summed E-state index contributed by atoms with van der Waals surface area (Å²) in [6, 6.07) is 17.6. The number of aromatic nitrogens is 1. The van der Waals surface area contributed by atoms with Crippen molar-refractivity contribution < 1.29 is 9.90 Å². The van der Waals surface area contributed by atoms with Gasteiger partial charge in [0.1, 0.15) is 0 Å². The number of nitrogens with one attached hydrogen (secondary N) is 1. The molecule has 3 rings (SSSR count). The van der Waals surface area contributed by atoms with Crippen molar-refractivity contribution in [1.29, 1.82) is 0 Å². The fraction of sp³-hybridized carbons (Fsp3) is 0.0625.